The van der Waals surface area contributed by atoms with Gasteiger partial charge >= 0.3 is 5.97 Å². The molecular weight excluding hydrogens is 230 g/mol. The summed E-state index contributed by atoms with van der Waals surface area (Å²) in [7, 11) is 0. The number of carbonyl (C=O) groups is 1. The Labute approximate surface area is 97.2 Å². The molecule has 94 valence electrons. The summed E-state index contributed by atoms with van der Waals surface area (Å²) >= 11 is 0. The van der Waals surface area contributed by atoms with Gasteiger partial charge in [0.25, 0.3) is 6.43 Å². The summed E-state index contributed by atoms with van der Waals surface area (Å²) < 4.78 is 27.0. The van der Waals surface area contributed by atoms with Crippen molar-refractivity contribution in [3.63, 3.8) is 0 Å². The van der Waals surface area contributed by atoms with E-state index in [0.717, 1.165) is 38.3 Å². The molecule has 0 atom stereocenters. The van der Waals surface area contributed by atoms with E-state index < -0.39 is 18.1 Å². The molecule has 0 amide bonds. The normalized spacial score (nSPS) is 17.6. The van der Waals surface area contributed by atoms with Crippen LogP contribution in [0.4, 0.5) is 8.78 Å². The molecule has 0 saturated heterocycles. The zero-order valence-corrected chi connectivity index (χ0v) is 9.27. The molecule has 2 rings (SSSR count). The summed E-state index contributed by atoms with van der Waals surface area (Å²) in [6.07, 6.45) is 2.88. The largest absolute Gasteiger partial charge is 0.478 e. The lowest BCUT2D eigenvalue weighted by molar-refractivity contribution is 0.0680. The highest BCUT2D eigenvalue weighted by Gasteiger charge is 2.28. The van der Waals surface area contributed by atoms with Crippen LogP contribution >= 0.6 is 0 Å². The van der Waals surface area contributed by atoms with Crippen molar-refractivity contribution in [3.05, 3.63) is 17.5 Å². The first-order valence-corrected chi connectivity index (χ1v) is 5.70. The van der Waals surface area contributed by atoms with Crippen LogP contribution in [0.15, 0.2) is 6.20 Å². The molecule has 1 saturated carbocycles. The van der Waals surface area contributed by atoms with Crippen LogP contribution in [0.2, 0.25) is 0 Å². The van der Waals surface area contributed by atoms with E-state index in [0.29, 0.717) is 0 Å². The second-order valence-corrected chi connectivity index (χ2v) is 4.29. The van der Waals surface area contributed by atoms with E-state index in [1.165, 1.54) is 4.68 Å². The van der Waals surface area contributed by atoms with Crippen molar-refractivity contribution in [1.82, 2.24) is 9.78 Å². The first-order valence-electron chi connectivity index (χ1n) is 5.70. The van der Waals surface area contributed by atoms with Gasteiger partial charge in [-0.2, -0.15) is 5.10 Å². The van der Waals surface area contributed by atoms with Crippen LogP contribution < -0.4 is 0 Å². The summed E-state index contributed by atoms with van der Waals surface area (Å²) in [5, 5.41) is 12.7. The Bertz CT molecular complexity index is 412. The minimum Gasteiger partial charge on any atom is -0.478 e. The molecule has 17 heavy (non-hydrogen) atoms. The Morgan fingerprint density at radius 1 is 1.41 bits per heavy atom. The average Bonchev–Trinajstić information content (AvgIpc) is 2.74. The monoisotopic (exact) mass is 244 g/mol. The lowest BCUT2D eigenvalue weighted by Gasteiger charge is -2.23. The fourth-order valence-electron chi connectivity index (χ4n) is 2.37. The van der Waals surface area contributed by atoms with Gasteiger partial charge in [-0.3, -0.25) is 4.68 Å². The Balaban J connectivity index is 2.35. The van der Waals surface area contributed by atoms with Crippen LogP contribution in [0.1, 0.15) is 60.6 Å². The molecule has 0 bridgehead atoms. The number of carboxylic acid groups (broad SMARTS) is 1. The molecule has 0 radical (unpaired) electrons. The SMILES string of the molecule is O=C(O)c1cnn(C2CCCCC2)c1C(F)F. The second kappa shape index (κ2) is 4.81. The molecule has 1 N–H and O–H groups in total. The number of halogens is 2. The van der Waals surface area contributed by atoms with Gasteiger partial charge in [-0.05, 0) is 12.8 Å². The highest BCUT2D eigenvalue weighted by atomic mass is 19.3. The van der Waals surface area contributed by atoms with Gasteiger partial charge in [0.15, 0.2) is 0 Å². The van der Waals surface area contributed by atoms with Gasteiger partial charge in [0, 0.05) is 0 Å². The van der Waals surface area contributed by atoms with E-state index in [1.54, 1.807) is 0 Å². The zero-order chi connectivity index (χ0) is 12.4. The highest BCUT2D eigenvalue weighted by Crippen LogP contribution is 2.32. The lowest BCUT2D eigenvalue weighted by Crippen LogP contribution is -2.17. The standard InChI is InChI=1S/C11H14F2N2O2/c12-10(13)9-8(11(16)17)6-14-15(9)7-4-2-1-3-5-7/h6-7,10H,1-5H2,(H,16,17). The predicted molar refractivity (Wildman–Crippen MR) is 56.3 cm³/mol. The predicted octanol–water partition coefficient (Wildman–Crippen LogP) is 3.02. The summed E-state index contributed by atoms with van der Waals surface area (Å²) in [4.78, 5) is 10.8. The van der Waals surface area contributed by atoms with E-state index in [1.807, 2.05) is 0 Å². The Morgan fingerprint density at radius 3 is 2.59 bits per heavy atom. The maximum Gasteiger partial charge on any atom is 0.339 e. The van der Waals surface area contributed by atoms with Crippen LogP contribution in [-0.2, 0) is 0 Å². The number of aromatic carboxylic acids is 1. The van der Waals surface area contributed by atoms with Crippen molar-refractivity contribution in [2.75, 3.05) is 0 Å². The number of hydrogen-bond donors (Lipinski definition) is 1. The molecule has 1 heterocycles. The van der Waals surface area contributed by atoms with E-state index >= 15 is 0 Å². The number of rotatable bonds is 3. The average molecular weight is 244 g/mol. The van der Waals surface area contributed by atoms with Crippen LogP contribution in [0.3, 0.4) is 0 Å². The van der Waals surface area contributed by atoms with Gasteiger partial charge in [0.1, 0.15) is 11.3 Å². The minimum absolute atomic E-state index is 0.0825. The van der Waals surface area contributed by atoms with E-state index in [2.05, 4.69) is 5.10 Å². The molecule has 0 aromatic carbocycles. The molecule has 1 aliphatic carbocycles. The van der Waals surface area contributed by atoms with E-state index in [-0.39, 0.29) is 11.6 Å². The molecule has 0 spiro atoms. The maximum absolute atomic E-state index is 12.9. The minimum atomic E-state index is -2.80. The fraction of sp³-hybridized carbons (Fsp3) is 0.636. The summed E-state index contributed by atoms with van der Waals surface area (Å²) in [5.41, 5.74) is -0.838. The molecule has 6 heteroatoms. The van der Waals surface area contributed by atoms with Crippen molar-refractivity contribution in [3.8, 4) is 0 Å². The number of carboxylic acids is 1. The fourth-order valence-corrected chi connectivity index (χ4v) is 2.37. The Kier molecular flexibility index (Phi) is 3.40. The van der Waals surface area contributed by atoms with Gasteiger partial charge in [-0.25, -0.2) is 13.6 Å². The lowest BCUT2D eigenvalue weighted by atomic mass is 9.95. The van der Waals surface area contributed by atoms with Gasteiger partial charge in [-0.15, -0.1) is 0 Å². The Hall–Kier alpha value is -1.46. The number of hydrogen-bond acceptors (Lipinski definition) is 2. The molecule has 1 aliphatic rings. The first kappa shape index (κ1) is 12.0. The van der Waals surface area contributed by atoms with Crippen molar-refractivity contribution < 1.29 is 18.7 Å². The highest BCUT2D eigenvalue weighted by molar-refractivity contribution is 5.88. The molecule has 4 nitrogen and oxygen atoms in total. The van der Waals surface area contributed by atoms with Crippen molar-refractivity contribution in [1.29, 1.82) is 0 Å². The van der Waals surface area contributed by atoms with Gasteiger partial charge < -0.3 is 5.11 Å². The van der Waals surface area contributed by atoms with Gasteiger partial charge in [0.05, 0.1) is 12.2 Å². The molecule has 1 aromatic rings. The summed E-state index contributed by atoms with van der Waals surface area (Å²) in [6.45, 7) is 0. The third-order valence-electron chi connectivity index (χ3n) is 3.19. The second-order valence-electron chi connectivity index (χ2n) is 4.29. The van der Waals surface area contributed by atoms with Crippen LogP contribution in [0.25, 0.3) is 0 Å². The van der Waals surface area contributed by atoms with Crippen LogP contribution in [0.5, 0.6) is 0 Å². The number of alkyl halides is 2. The smallest absolute Gasteiger partial charge is 0.339 e. The third-order valence-corrected chi connectivity index (χ3v) is 3.19. The Morgan fingerprint density at radius 2 is 2.06 bits per heavy atom. The molecule has 1 fully saturated rings. The summed E-state index contributed by atoms with van der Waals surface area (Å²) in [6, 6.07) is -0.0825. The van der Waals surface area contributed by atoms with Gasteiger partial charge in [-0.1, -0.05) is 19.3 Å². The number of aromatic nitrogens is 2. The third kappa shape index (κ3) is 2.30. The van der Waals surface area contributed by atoms with Crippen LogP contribution in [-0.4, -0.2) is 20.9 Å². The topological polar surface area (TPSA) is 55.1 Å². The van der Waals surface area contributed by atoms with Gasteiger partial charge in [0.2, 0.25) is 0 Å². The number of nitrogens with zero attached hydrogens (tertiary/aromatic N) is 2. The van der Waals surface area contributed by atoms with E-state index in [4.69, 9.17) is 5.11 Å². The molecule has 0 unspecified atom stereocenters. The summed E-state index contributed by atoms with van der Waals surface area (Å²) in [5.74, 6) is -1.35. The zero-order valence-electron chi connectivity index (χ0n) is 9.27. The quantitative estimate of drug-likeness (QED) is 0.889. The molecule has 0 aliphatic heterocycles. The van der Waals surface area contributed by atoms with Crippen LogP contribution in [0, 0.1) is 0 Å². The first-order chi connectivity index (χ1) is 8.11. The van der Waals surface area contributed by atoms with E-state index in [9.17, 15) is 13.6 Å². The molecule has 1 aromatic heterocycles. The van der Waals surface area contributed by atoms with Crippen molar-refractivity contribution in [2.45, 2.75) is 44.6 Å². The van der Waals surface area contributed by atoms with Crippen molar-refractivity contribution in [2.24, 2.45) is 0 Å². The molecular formula is C11H14F2N2O2. The maximum atomic E-state index is 12.9. The van der Waals surface area contributed by atoms with Crippen molar-refractivity contribution >= 4 is 5.97 Å².